The minimum atomic E-state index is -4.47. The molecular formula is C15H16F3N3OS. The molecule has 1 amide bonds. The van der Waals surface area contributed by atoms with Gasteiger partial charge in [0, 0.05) is 11.6 Å². The lowest BCUT2D eigenvalue weighted by molar-refractivity contribution is -0.169. The SMILES string of the molecule is CC(C)C(NC(=O)Cc1csc(-c2ccccn2)n1)C(F)(F)F. The van der Waals surface area contributed by atoms with Crippen LogP contribution in [0.25, 0.3) is 10.7 Å². The summed E-state index contributed by atoms with van der Waals surface area (Å²) >= 11 is 1.30. The van der Waals surface area contributed by atoms with E-state index in [0.29, 0.717) is 16.4 Å². The number of pyridine rings is 1. The van der Waals surface area contributed by atoms with Gasteiger partial charge in [-0.3, -0.25) is 9.78 Å². The normalized spacial score (nSPS) is 13.1. The number of carbonyl (C=O) groups excluding carboxylic acids is 1. The van der Waals surface area contributed by atoms with E-state index in [1.807, 2.05) is 11.4 Å². The number of alkyl halides is 3. The fourth-order valence-corrected chi connectivity index (χ4v) is 2.81. The highest BCUT2D eigenvalue weighted by molar-refractivity contribution is 7.13. The van der Waals surface area contributed by atoms with Gasteiger partial charge in [-0.15, -0.1) is 11.3 Å². The van der Waals surface area contributed by atoms with Crippen molar-refractivity contribution in [1.82, 2.24) is 15.3 Å². The summed E-state index contributed by atoms with van der Waals surface area (Å²) < 4.78 is 38.6. The summed E-state index contributed by atoms with van der Waals surface area (Å²) in [5, 5.41) is 4.32. The lowest BCUT2D eigenvalue weighted by Gasteiger charge is -2.24. The first-order chi connectivity index (χ1) is 10.8. The van der Waals surface area contributed by atoms with Crippen molar-refractivity contribution in [2.45, 2.75) is 32.5 Å². The van der Waals surface area contributed by atoms with Crippen LogP contribution in [0.15, 0.2) is 29.8 Å². The monoisotopic (exact) mass is 343 g/mol. The van der Waals surface area contributed by atoms with Crippen LogP contribution < -0.4 is 5.32 Å². The fraction of sp³-hybridized carbons (Fsp3) is 0.400. The number of nitrogens with one attached hydrogen (secondary N) is 1. The number of aromatic nitrogens is 2. The quantitative estimate of drug-likeness (QED) is 0.905. The summed E-state index contributed by atoms with van der Waals surface area (Å²) in [6, 6.07) is 3.51. The van der Waals surface area contributed by atoms with Gasteiger partial charge in [-0.25, -0.2) is 4.98 Å². The molecule has 8 heteroatoms. The third-order valence-electron chi connectivity index (χ3n) is 3.11. The molecule has 124 valence electrons. The van der Waals surface area contributed by atoms with E-state index in [0.717, 1.165) is 0 Å². The molecule has 23 heavy (non-hydrogen) atoms. The summed E-state index contributed by atoms with van der Waals surface area (Å²) in [7, 11) is 0. The molecule has 0 spiro atoms. The lowest BCUT2D eigenvalue weighted by atomic mass is 10.0. The average Bonchev–Trinajstić information content (AvgIpc) is 2.92. The molecule has 0 aromatic carbocycles. The second-order valence-corrected chi connectivity index (χ2v) is 6.22. The van der Waals surface area contributed by atoms with E-state index >= 15 is 0 Å². The number of hydrogen-bond acceptors (Lipinski definition) is 4. The third-order valence-corrected chi connectivity index (χ3v) is 4.03. The summed E-state index contributed by atoms with van der Waals surface area (Å²) in [6.07, 6.45) is -3.03. The van der Waals surface area contributed by atoms with Crippen LogP contribution in [0.5, 0.6) is 0 Å². The Hall–Kier alpha value is -1.96. The molecule has 1 unspecified atom stereocenters. The van der Waals surface area contributed by atoms with Crippen molar-refractivity contribution in [3.05, 3.63) is 35.5 Å². The largest absolute Gasteiger partial charge is 0.408 e. The number of amides is 1. The molecule has 0 bridgehead atoms. The van der Waals surface area contributed by atoms with E-state index in [-0.39, 0.29) is 6.42 Å². The van der Waals surface area contributed by atoms with Crippen LogP contribution in [0.2, 0.25) is 0 Å². The Morgan fingerprint density at radius 3 is 2.65 bits per heavy atom. The molecule has 2 aromatic rings. The van der Waals surface area contributed by atoms with Crippen LogP contribution in [-0.2, 0) is 11.2 Å². The van der Waals surface area contributed by atoms with E-state index in [1.165, 1.54) is 25.2 Å². The molecule has 1 atom stereocenters. The average molecular weight is 343 g/mol. The molecule has 1 N–H and O–H groups in total. The topological polar surface area (TPSA) is 54.9 Å². The van der Waals surface area contributed by atoms with Crippen LogP contribution in [0.1, 0.15) is 19.5 Å². The van der Waals surface area contributed by atoms with Gasteiger partial charge in [-0.2, -0.15) is 13.2 Å². The Morgan fingerprint density at radius 2 is 2.09 bits per heavy atom. The maximum absolute atomic E-state index is 12.9. The van der Waals surface area contributed by atoms with E-state index in [9.17, 15) is 18.0 Å². The molecular weight excluding hydrogens is 327 g/mol. The number of hydrogen-bond donors (Lipinski definition) is 1. The Kier molecular flexibility index (Phi) is 5.35. The zero-order valence-electron chi connectivity index (χ0n) is 12.6. The second kappa shape index (κ2) is 7.08. The van der Waals surface area contributed by atoms with Gasteiger partial charge in [-0.1, -0.05) is 19.9 Å². The Balaban J connectivity index is 2.02. The maximum Gasteiger partial charge on any atom is 0.408 e. The highest BCUT2D eigenvalue weighted by Crippen LogP contribution is 2.26. The van der Waals surface area contributed by atoms with Crippen LogP contribution >= 0.6 is 11.3 Å². The van der Waals surface area contributed by atoms with Crippen molar-refractivity contribution in [1.29, 1.82) is 0 Å². The molecule has 0 saturated heterocycles. The van der Waals surface area contributed by atoms with E-state index in [4.69, 9.17) is 0 Å². The highest BCUT2D eigenvalue weighted by Gasteiger charge is 2.42. The first-order valence-electron chi connectivity index (χ1n) is 6.99. The van der Waals surface area contributed by atoms with Gasteiger partial charge in [0.05, 0.1) is 17.8 Å². The van der Waals surface area contributed by atoms with Gasteiger partial charge < -0.3 is 5.32 Å². The molecule has 0 aliphatic heterocycles. The number of nitrogens with zero attached hydrogens (tertiary/aromatic N) is 2. The molecule has 0 fully saturated rings. The van der Waals surface area contributed by atoms with Gasteiger partial charge in [0.2, 0.25) is 5.91 Å². The Labute approximate surface area is 135 Å². The minimum Gasteiger partial charge on any atom is -0.344 e. The number of carbonyl (C=O) groups is 1. The minimum absolute atomic E-state index is 0.192. The number of halogens is 3. The predicted molar refractivity (Wildman–Crippen MR) is 81.9 cm³/mol. The zero-order valence-corrected chi connectivity index (χ0v) is 13.4. The van der Waals surface area contributed by atoms with Crippen LogP contribution in [0.3, 0.4) is 0 Å². The summed E-state index contributed by atoms with van der Waals surface area (Å²) in [5.41, 5.74) is 1.09. The van der Waals surface area contributed by atoms with Crippen LogP contribution in [0.4, 0.5) is 13.2 Å². The van der Waals surface area contributed by atoms with Gasteiger partial charge in [0.1, 0.15) is 11.0 Å². The predicted octanol–water partition coefficient (Wildman–Crippen LogP) is 3.45. The lowest BCUT2D eigenvalue weighted by Crippen LogP contribution is -2.49. The summed E-state index contributed by atoms with van der Waals surface area (Å²) in [4.78, 5) is 20.3. The van der Waals surface area contributed by atoms with E-state index in [2.05, 4.69) is 9.97 Å². The smallest absolute Gasteiger partial charge is 0.344 e. The van der Waals surface area contributed by atoms with Gasteiger partial charge >= 0.3 is 6.18 Å². The Morgan fingerprint density at radius 1 is 1.35 bits per heavy atom. The summed E-state index contributed by atoms with van der Waals surface area (Å²) in [6.45, 7) is 2.83. The van der Waals surface area contributed by atoms with Gasteiger partial charge in [0.25, 0.3) is 0 Å². The van der Waals surface area contributed by atoms with Crippen molar-refractivity contribution >= 4 is 17.2 Å². The van der Waals surface area contributed by atoms with Crippen molar-refractivity contribution in [3.8, 4) is 10.7 Å². The van der Waals surface area contributed by atoms with Crippen LogP contribution in [0, 0.1) is 5.92 Å². The molecule has 0 aliphatic carbocycles. The first-order valence-corrected chi connectivity index (χ1v) is 7.87. The molecule has 4 nitrogen and oxygen atoms in total. The highest BCUT2D eigenvalue weighted by atomic mass is 32.1. The van der Waals surface area contributed by atoms with E-state index < -0.39 is 24.0 Å². The van der Waals surface area contributed by atoms with Crippen molar-refractivity contribution in [2.24, 2.45) is 5.92 Å². The first kappa shape index (κ1) is 17.4. The number of thiazole rings is 1. The van der Waals surface area contributed by atoms with Crippen molar-refractivity contribution in [2.75, 3.05) is 0 Å². The van der Waals surface area contributed by atoms with E-state index in [1.54, 1.807) is 23.7 Å². The zero-order chi connectivity index (χ0) is 17.0. The molecule has 0 saturated carbocycles. The third kappa shape index (κ3) is 4.75. The maximum atomic E-state index is 12.9. The van der Waals surface area contributed by atoms with Crippen molar-refractivity contribution in [3.63, 3.8) is 0 Å². The van der Waals surface area contributed by atoms with Crippen LogP contribution in [-0.4, -0.2) is 28.1 Å². The summed E-state index contributed by atoms with van der Waals surface area (Å²) in [5.74, 6) is -1.43. The molecule has 2 rings (SSSR count). The fourth-order valence-electron chi connectivity index (χ4n) is 2.01. The van der Waals surface area contributed by atoms with Gasteiger partial charge in [0.15, 0.2) is 0 Å². The van der Waals surface area contributed by atoms with Gasteiger partial charge in [-0.05, 0) is 18.1 Å². The molecule has 2 heterocycles. The standard InChI is InChI=1S/C15H16F3N3OS/c1-9(2)13(15(16,17)18)21-12(22)7-10-8-23-14(20-10)11-5-3-4-6-19-11/h3-6,8-9,13H,7H2,1-2H3,(H,21,22). The van der Waals surface area contributed by atoms with Crippen molar-refractivity contribution < 1.29 is 18.0 Å². The molecule has 2 aromatic heterocycles. The molecule has 0 radical (unpaired) electrons. The number of rotatable bonds is 5. The molecule has 0 aliphatic rings. The second-order valence-electron chi connectivity index (χ2n) is 5.37. The Bertz CT molecular complexity index is 655.